The summed E-state index contributed by atoms with van der Waals surface area (Å²) in [6.45, 7) is 5.95. The number of hydrogen-bond acceptors (Lipinski definition) is 4. The minimum Gasteiger partial charge on any atom is -0.357 e. The quantitative estimate of drug-likeness (QED) is 0.114. The average molecular weight is 629 g/mol. The first-order chi connectivity index (χ1) is 22.8. The Morgan fingerprint density at radius 3 is 2.21 bits per heavy atom. The monoisotopic (exact) mass is 628 g/mol. The fraction of sp³-hybridized carbons (Fsp3) is 0.415. The molecule has 0 spiro atoms. The molecule has 6 heteroatoms. The van der Waals surface area contributed by atoms with E-state index in [-0.39, 0.29) is 16.7 Å². The predicted octanol–water partition coefficient (Wildman–Crippen LogP) is 8.18. The number of aryl methyl sites for hydroxylation is 1. The molecule has 0 saturated heterocycles. The second kappa shape index (κ2) is 12.6. The highest BCUT2D eigenvalue weighted by Gasteiger charge is 2.49. The first kappa shape index (κ1) is 31.6. The number of fused-ring (bicyclic) bond motifs is 3. The normalized spacial score (nSPS) is 23.1. The van der Waals surface area contributed by atoms with E-state index in [1.54, 1.807) is 0 Å². The summed E-state index contributed by atoms with van der Waals surface area (Å²) in [5, 5.41) is 2.54. The maximum absolute atomic E-state index is 13.0. The number of aromatic nitrogens is 2. The average Bonchev–Trinajstić information content (AvgIpc) is 3.77. The maximum atomic E-state index is 13.0. The fourth-order valence-corrected chi connectivity index (χ4v) is 9.14. The van der Waals surface area contributed by atoms with Gasteiger partial charge in [0.25, 0.3) is 0 Å². The highest BCUT2D eigenvalue weighted by atomic mass is 16.2. The van der Waals surface area contributed by atoms with Gasteiger partial charge in [-0.3, -0.25) is 14.5 Å². The van der Waals surface area contributed by atoms with Gasteiger partial charge in [-0.25, -0.2) is 0 Å². The zero-order valence-electron chi connectivity index (χ0n) is 28.4. The number of unbranched alkanes of at least 4 members (excludes halogenated alkanes) is 1. The fourth-order valence-electron chi connectivity index (χ4n) is 9.14. The van der Waals surface area contributed by atoms with Gasteiger partial charge in [0.2, 0.25) is 5.78 Å². The van der Waals surface area contributed by atoms with Gasteiger partial charge in [0.15, 0.2) is 6.29 Å². The molecule has 2 aromatic heterocycles. The lowest BCUT2D eigenvalue weighted by Gasteiger charge is -2.50. The minimum absolute atomic E-state index is 0.190. The molecule has 0 amide bonds. The number of nitrogens with one attached hydrogen (secondary N) is 2. The number of benzene rings is 3. The Balaban J connectivity index is 1.34. The molecule has 7 rings (SSSR count). The summed E-state index contributed by atoms with van der Waals surface area (Å²) in [6, 6.07) is 25.0. The van der Waals surface area contributed by atoms with Gasteiger partial charge in [-0.05, 0) is 93.9 Å². The van der Waals surface area contributed by atoms with Crippen molar-refractivity contribution in [1.82, 2.24) is 19.8 Å². The van der Waals surface area contributed by atoms with Crippen molar-refractivity contribution >= 4 is 33.9 Å². The van der Waals surface area contributed by atoms with Crippen molar-refractivity contribution in [2.75, 3.05) is 20.6 Å². The molecule has 1 atom stereocenters. The molecule has 3 aromatic carbocycles. The van der Waals surface area contributed by atoms with E-state index in [9.17, 15) is 9.59 Å². The van der Waals surface area contributed by atoms with Crippen molar-refractivity contribution in [2.24, 2.45) is 0 Å². The second-order valence-electron chi connectivity index (χ2n) is 14.3. The van der Waals surface area contributed by atoms with Crippen LogP contribution in [-0.2, 0) is 28.0 Å². The zero-order valence-corrected chi connectivity index (χ0v) is 28.4. The van der Waals surface area contributed by atoms with Gasteiger partial charge in [-0.2, -0.15) is 0 Å². The molecule has 1 unspecified atom stereocenters. The predicted molar refractivity (Wildman–Crippen MR) is 191 cm³/mol. The summed E-state index contributed by atoms with van der Waals surface area (Å²) in [7, 11) is 4.55. The Morgan fingerprint density at radius 2 is 1.53 bits per heavy atom. The Morgan fingerprint density at radius 1 is 0.894 bits per heavy atom. The van der Waals surface area contributed by atoms with Crippen LogP contribution in [0.15, 0.2) is 72.8 Å². The van der Waals surface area contributed by atoms with Crippen molar-refractivity contribution in [3.63, 3.8) is 0 Å². The van der Waals surface area contributed by atoms with Gasteiger partial charge in [-0.1, -0.05) is 80.4 Å². The first-order valence-electron chi connectivity index (χ1n) is 17.5. The van der Waals surface area contributed by atoms with Crippen molar-refractivity contribution in [3.05, 3.63) is 106 Å². The van der Waals surface area contributed by atoms with Crippen LogP contribution in [0.3, 0.4) is 0 Å². The van der Waals surface area contributed by atoms with Crippen LogP contribution in [0.5, 0.6) is 0 Å². The third kappa shape index (κ3) is 5.26. The molecular weight excluding hydrogens is 580 g/mol. The zero-order chi connectivity index (χ0) is 32.8. The molecule has 2 aliphatic rings. The van der Waals surface area contributed by atoms with Crippen LogP contribution in [-0.4, -0.2) is 58.0 Å². The summed E-state index contributed by atoms with van der Waals surface area (Å²) < 4.78 is 0. The third-order valence-electron chi connectivity index (χ3n) is 11.8. The molecular formula is C41H48N4O2. The number of para-hydroxylation sites is 2. The summed E-state index contributed by atoms with van der Waals surface area (Å²) in [5.41, 5.74) is 9.74. The van der Waals surface area contributed by atoms with Crippen molar-refractivity contribution in [3.8, 4) is 0 Å². The second-order valence-corrected chi connectivity index (χ2v) is 14.3. The Kier molecular flexibility index (Phi) is 8.44. The van der Waals surface area contributed by atoms with Crippen LogP contribution in [0, 0.1) is 6.92 Å². The van der Waals surface area contributed by atoms with Crippen LogP contribution in [0.2, 0.25) is 0 Å². The van der Waals surface area contributed by atoms with E-state index in [1.807, 2.05) is 18.2 Å². The number of carbonyl (C=O) groups excluding carboxylic acids is 2. The smallest absolute Gasteiger partial charge is 0.216 e. The molecule has 244 valence electrons. The van der Waals surface area contributed by atoms with E-state index < -0.39 is 6.04 Å². The third-order valence-corrected chi connectivity index (χ3v) is 11.8. The van der Waals surface area contributed by atoms with Gasteiger partial charge in [0.1, 0.15) is 6.04 Å². The largest absolute Gasteiger partial charge is 0.357 e. The molecule has 0 bridgehead atoms. The van der Waals surface area contributed by atoms with Crippen molar-refractivity contribution < 1.29 is 9.59 Å². The Bertz CT molecular complexity index is 1920. The molecule has 2 N–H and O–H groups in total. The van der Waals surface area contributed by atoms with Crippen molar-refractivity contribution in [2.45, 2.75) is 88.8 Å². The summed E-state index contributed by atoms with van der Waals surface area (Å²) in [6.07, 6.45) is 9.30. The van der Waals surface area contributed by atoms with Crippen molar-refractivity contribution in [1.29, 1.82) is 0 Å². The standard InChI is InChI=1S/C41H48N4O2/c1-5-6-20-40(44(3)4)21-23-41(24-22-40,38-28(2)30-14-9-11-17-34(30)42-38)39-33(32-16-10-12-18-35(32)43-39)19-25-45-26-29-13-7-8-15-31(29)37(45)36(47)27-46/h7-18,27,37,42-43H,5-6,19-26H2,1-4H3. The van der Waals surface area contributed by atoms with Crippen LogP contribution in [0.1, 0.15) is 91.6 Å². The van der Waals surface area contributed by atoms with E-state index in [0.29, 0.717) is 19.4 Å². The highest BCUT2D eigenvalue weighted by Crippen LogP contribution is 2.53. The van der Waals surface area contributed by atoms with Crippen LogP contribution >= 0.6 is 0 Å². The number of aldehydes is 1. The number of Topliss-reactive ketones (excluding diaryl/α,β-unsaturated/α-hetero) is 1. The van der Waals surface area contributed by atoms with Gasteiger partial charge in [0.05, 0.1) is 5.41 Å². The van der Waals surface area contributed by atoms with E-state index in [4.69, 9.17) is 0 Å². The van der Waals surface area contributed by atoms with Gasteiger partial charge < -0.3 is 14.9 Å². The molecule has 1 aliphatic carbocycles. The van der Waals surface area contributed by atoms with Gasteiger partial charge in [0, 0.05) is 51.8 Å². The number of hydrogen-bond donors (Lipinski definition) is 2. The number of aromatic amines is 2. The maximum Gasteiger partial charge on any atom is 0.216 e. The number of rotatable bonds is 11. The molecule has 5 aromatic rings. The number of ketones is 1. The topological polar surface area (TPSA) is 72.2 Å². The molecule has 1 aliphatic heterocycles. The lowest BCUT2D eigenvalue weighted by Crippen LogP contribution is -2.51. The SMILES string of the molecule is CCCCC1(N(C)C)CCC(c2[nH]c3ccccc3c2C)(c2[nH]c3ccccc3c2CCN2Cc3ccccc3C2C(=O)C=O)CC1. The minimum atomic E-state index is -0.517. The summed E-state index contributed by atoms with van der Waals surface area (Å²) >= 11 is 0. The van der Waals surface area contributed by atoms with Crippen LogP contribution < -0.4 is 0 Å². The summed E-state index contributed by atoms with van der Waals surface area (Å²) in [5.74, 6) is -0.362. The Labute approximate surface area is 278 Å². The highest BCUT2D eigenvalue weighted by molar-refractivity contribution is 6.27. The van der Waals surface area contributed by atoms with Gasteiger partial charge in [-0.15, -0.1) is 0 Å². The molecule has 1 saturated carbocycles. The molecule has 0 radical (unpaired) electrons. The molecule has 6 nitrogen and oxygen atoms in total. The number of H-pyrrole nitrogens is 2. The van der Waals surface area contributed by atoms with E-state index in [2.05, 4.69) is 102 Å². The van der Waals surface area contributed by atoms with Crippen LogP contribution in [0.4, 0.5) is 0 Å². The van der Waals surface area contributed by atoms with Crippen LogP contribution in [0.25, 0.3) is 21.8 Å². The van der Waals surface area contributed by atoms with E-state index >= 15 is 0 Å². The Hall–Kier alpha value is -4.00. The lowest BCUT2D eigenvalue weighted by atomic mass is 9.61. The number of nitrogens with zero attached hydrogens (tertiary/aromatic N) is 2. The lowest BCUT2D eigenvalue weighted by molar-refractivity contribution is -0.133. The first-order valence-corrected chi connectivity index (χ1v) is 17.5. The van der Waals surface area contributed by atoms with Gasteiger partial charge >= 0.3 is 0 Å². The molecule has 1 fully saturated rings. The molecule has 3 heterocycles. The molecule has 47 heavy (non-hydrogen) atoms. The van der Waals surface area contributed by atoms with E-state index in [1.165, 1.54) is 58.1 Å². The number of carbonyl (C=O) groups is 2. The summed E-state index contributed by atoms with van der Waals surface area (Å²) in [4.78, 5) is 37.5. The van der Waals surface area contributed by atoms with E-state index in [0.717, 1.165) is 48.7 Å².